The molecule has 0 aliphatic carbocycles. The van der Waals surface area contributed by atoms with Crippen LogP contribution in [0.5, 0.6) is 11.5 Å². The average molecular weight is 261 g/mol. The highest BCUT2D eigenvalue weighted by atomic mass is 16.5. The summed E-state index contributed by atoms with van der Waals surface area (Å²) in [4.78, 5) is 0. The first-order chi connectivity index (χ1) is 9.26. The van der Waals surface area contributed by atoms with Crippen molar-refractivity contribution in [2.24, 2.45) is 0 Å². The first kappa shape index (κ1) is 15.4. The van der Waals surface area contributed by atoms with E-state index in [-0.39, 0.29) is 6.04 Å². The zero-order chi connectivity index (χ0) is 14.1. The minimum atomic E-state index is 0.239. The molecule has 0 aliphatic heterocycles. The lowest BCUT2D eigenvalue weighted by molar-refractivity contribution is 0.386. The summed E-state index contributed by atoms with van der Waals surface area (Å²) >= 11 is 0. The van der Waals surface area contributed by atoms with Crippen molar-refractivity contribution in [3.05, 3.63) is 23.8 Å². The van der Waals surface area contributed by atoms with Gasteiger partial charge in [0, 0.05) is 18.0 Å². The lowest BCUT2D eigenvalue weighted by atomic mass is 9.99. The minimum absolute atomic E-state index is 0.239. The molecule has 104 valence electrons. The molecule has 1 aromatic carbocycles. The van der Waals surface area contributed by atoms with Crippen LogP contribution in [0.3, 0.4) is 0 Å². The molecule has 0 aromatic heterocycles. The normalized spacial score (nSPS) is 11.7. The lowest BCUT2D eigenvalue weighted by Crippen LogP contribution is -2.21. The number of terminal acetylenes is 1. The van der Waals surface area contributed by atoms with Crippen LogP contribution >= 0.6 is 0 Å². The zero-order valence-corrected chi connectivity index (χ0v) is 12.0. The van der Waals surface area contributed by atoms with Gasteiger partial charge in [-0.05, 0) is 37.6 Å². The maximum absolute atomic E-state index is 5.44. The molecule has 0 fully saturated rings. The highest BCUT2D eigenvalue weighted by Gasteiger charge is 2.15. The van der Waals surface area contributed by atoms with Gasteiger partial charge in [0.1, 0.15) is 11.5 Å². The van der Waals surface area contributed by atoms with Crippen molar-refractivity contribution in [3.63, 3.8) is 0 Å². The van der Waals surface area contributed by atoms with Gasteiger partial charge in [-0.1, -0.05) is 6.92 Å². The van der Waals surface area contributed by atoms with Crippen LogP contribution < -0.4 is 14.8 Å². The Labute approximate surface area is 116 Å². The lowest BCUT2D eigenvalue weighted by Gasteiger charge is -2.21. The van der Waals surface area contributed by atoms with E-state index in [1.54, 1.807) is 14.2 Å². The number of methoxy groups -OCH3 is 2. The van der Waals surface area contributed by atoms with Crippen molar-refractivity contribution in [3.8, 4) is 23.8 Å². The Morgan fingerprint density at radius 1 is 1.32 bits per heavy atom. The van der Waals surface area contributed by atoms with E-state index in [0.29, 0.717) is 0 Å². The van der Waals surface area contributed by atoms with Crippen LogP contribution in [0.2, 0.25) is 0 Å². The van der Waals surface area contributed by atoms with Gasteiger partial charge in [-0.3, -0.25) is 0 Å². The fourth-order valence-electron chi connectivity index (χ4n) is 2.13. The van der Waals surface area contributed by atoms with Crippen molar-refractivity contribution in [2.75, 3.05) is 20.8 Å². The molecule has 0 saturated carbocycles. The summed E-state index contributed by atoms with van der Waals surface area (Å²) < 4.78 is 10.7. The highest BCUT2D eigenvalue weighted by Crippen LogP contribution is 2.31. The molecule has 1 N–H and O–H groups in total. The van der Waals surface area contributed by atoms with E-state index in [2.05, 4.69) is 18.2 Å². The first-order valence-corrected chi connectivity index (χ1v) is 6.65. The third-order valence-electron chi connectivity index (χ3n) is 3.08. The summed E-state index contributed by atoms with van der Waals surface area (Å²) in [5.41, 5.74) is 1.13. The number of ether oxygens (including phenoxy) is 2. The summed E-state index contributed by atoms with van der Waals surface area (Å²) in [6, 6.07) is 6.12. The topological polar surface area (TPSA) is 30.5 Å². The van der Waals surface area contributed by atoms with E-state index in [0.717, 1.165) is 42.9 Å². The SMILES string of the molecule is C#CCCCC(NCC)c1cc(OC)ccc1OC. The molecule has 0 amide bonds. The van der Waals surface area contributed by atoms with Crippen LogP contribution in [0.25, 0.3) is 0 Å². The summed E-state index contributed by atoms with van der Waals surface area (Å²) in [5, 5.41) is 3.48. The fraction of sp³-hybridized carbons (Fsp3) is 0.500. The van der Waals surface area contributed by atoms with Gasteiger partial charge in [0.25, 0.3) is 0 Å². The van der Waals surface area contributed by atoms with Gasteiger partial charge in [-0.15, -0.1) is 12.3 Å². The van der Waals surface area contributed by atoms with Crippen molar-refractivity contribution < 1.29 is 9.47 Å². The number of hydrogen-bond donors (Lipinski definition) is 1. The minimum Gasteiger partial charge on any atom is -0.497 e. The summed E-state index contributed by atoms with van der Waals surface area (Å²) in [6.45, 7) is 3.00. The van der Waals surface area contributed by atoms with Gasteiger partial charge in [0.15, 0.2) is 0 Å². The van der Waals surface area contributed by atoms with Crippen LogP contribution in [-0.4, -0.2) is 20.8 Å². The van der Waals surface area contributed by atoms with Gasteiger partial charge in [-0.25, -0.2) is 0 Å². The molecule has 3 nitrogen and oxygen atoms in total. The molecule has 1 atom stereocenters. The quantitative estimate of drug-likeness (QED) is 0.576. The molecule has 0 saturated heterocycles. The van der Waals surface area contributed by atoms with Gasteiger partial charge >= 0.3 is 0 Å². The van der Waals surface area contributed by atoms with E-state index in [1.807, 2.05) is 18.2 Å². The Hall–Kier alpha value is -1.66. The Morgan fingerprint density at radius 3 is 2.68 bits per heavy atom. The highest BCUT2D eigenvalue weighted by molar-refractivity contribution is 5.42. The second-order valence-corrected chi connectivity index (χ2v) is 4.31. The maximum Gasteiger partial charge on any atom is 0.123 e. The van der Waals surface area contributed by atoms with Crippen molar-refractivity contribution >= 4 is 0 Å². The molecular formula is C16H23NO2. The second-order valence-electron chi connectivity index (χ2n) is 4.31. The Kier molecular flexibility index (Phi) is 6.84. The molecule has 1 aromatic rings. The zero-order valence-electron chi connectivity index (χ0n) is 12.0. The number of hydrogen-bond acceptors (Lipinski definition) is 3. The molecule has 1 rings (SSSR count). The molecule has 3 heteroatoms. The monoisotopic (exact) mass is 261 g/mol. The van der Waals surface area contributed by atoms with Crippen LogP contribution in [0.15, 0.2) is 18.2 Å². The van der Waals surface area contributed by atoms with Crippen LogP contribution in [-0.2, 0) is 0 Å². The molecule has 0 spiro atoms. The molecule has 0 heterocycles. The molecule has 0 bridgehead atoms. The van der Waals surface area contributed by atoms with Crippen LogP contribution in [0.1, 0.15) is 37.8 Å². The standard InChI is InChI=1S/C16H23NO2/c1-5-7-8-9-15(17-6-2)14-12-13(18-3)10-11-16(14)19-4/h1,10-12,15,17H,6-9H2,2-4H3. The fourth-order valence-corrected chi connectivity index (χ4v) is 2.13. The van der Waals surface area contributed by atoms with Gasteiger partial charge < -0.3 is 14.8 Å². The van der Waals surface area contributed by atoms with Crippen LogP contribution in [0.4, 0.5) is 0 Å². The number of nitrogens with one attached hydrogen (secondary N) is 1. The van der Waals surface area contributed by atoms with E-state index in [1.165, 1.54) is 0 Å². The second kappa shape index (κ2) is 8.44. The molecule has 1 unspecified atom stereocenters. The van der Waals surface area contributed by atoms with Crippen molar-refractivity contribution in [2.45, 2.75) is 32.2 Å². The third-order valence-corrected chi connectivity index (χ3v) is 3.08. The average Bonchev–Trinajstić information content (AvgIpc) is 2.46. The first-order valence-electron chi connectivity index (χ1n) is 6.65. The summed E-state index contributed by atoms with van der Waals surface area (Å²) in [5.74, 6) is 4.41. The predicted octanol–water partition coefficient (Wildman–Crippen LogP) is 3.16. The third kappa shape index (κ3) is 4.50. The van der Waals surface area contributed by atoms with Gasteiger partial charge in [0.05, 0.1) is 14.2 Å². The largest absolute Gasteiger partial charge is 0.497 e. The van der Waals surface area contributed by atoms with E-state index < -0.39 is 0 Å². The van der Waals surface area contributed by atoms with E-state index in [9.17, 15) is 0 Å². The molecule has 0 radical (unpaired) electrons. The van der Waals surface area contributed by atoms with E-state index in [4.69, 9.17) is 15.9 Å². The summed E-state index contributed by atoms with van der Waals surface area (Å²) in [7, 11) is 3.36. The van der Waals surface area contributed by atoms with Crippen molar-refractivity contribution in [1.29, 1.82) is 0 Å². The molecular weight excluding hydrogens is 238 g/mol. The Balaban J connectivity index is 2.95. The smallest absolute Gasteiger partial charge is 0.123 e. The Morgan fingerprint density at radius 2 is 2.11 bits per heavy atom. The van der Waals surface area contributed by atoms with Gasteiger partial charge in [0.2, 0.25) is 0 Å². The van der Waals surface area contributed by atoms with Crippen LogP contribution in [0, 0.1) is 12.3 Å². The molecule has 19 heavy (non-hydrogen) atoms. The Bertz CT molecular complexity index is 423. The predicted molar refractivity (Wildman–Crippen MR) is 78.6 cm³/mol. The number of unbranched alkanes of at least 4 members (excludes halogenated alkanes) is 1. The van der Waals surface area contributed by atoms with Crippen molar-refractivity contribution in [1.82, 2.24) is 5.32 Å². The maximum atomic E-state index is 5.44. The molecule has 0 aliphatic rings. The number of rotatable bonds is 8. The number of benzene rings is 1. The summed E-state index contributed by atoms with van der Waals surface area (Å²) in [6.07, 6.45) is 8.10. The van der Waals surface area contributed by atoms with E-state index >= 15 is 0 Å². The van der Waals surface area contributed by atoms with Gasteiger partial charge in [-0.2, -0.15) is 0 Å².